The van der Waals surface area contributed by atoms with Gasteiger partial charge < -0.3 is 9.84 Å². The lowest BCUT2D eigenvalue weighted by molar-refractivity contribution is -0.136. The number of carboxylic acid groups (broad SMARTS) is 1. The van der Waals surface area contributed by atoms with Crippen LogP contribution < -0.4 is 4.74 Å². The molecule has 0 aliphatic rings. The van der Waals surface area contributed by atoms with Crippen molar-refractivity contribution in [2.45, 2.75) is 12.8 Å². The third kappa shape index (κ3) is 3.08. The number of aromatic nitrogens is 1. The predicted molar refractivity (Wildman–Crippen MR) is 70.0 cm³/mol. The highest BCUT2D eigenvalue weighted by molar-refractivity contribution is 7.13. The molecular weight excluding hydrogens is 269 g/mol. The van der Waals surface area contributed by atoms with Gasteiger partial charge in [0.1, 0.15) is 16.6 Å². The number of aliphatic carboxylic acids is 1. The summed E-state index contributed by atoms with van der Waals surface area (Å²) in [6.45, 7) is 0. The molecule has 0 spiro atoms. The molecule has 1 aromatic carbocycles. The van der Waals surface area contributed by atoms with Crippen molar-refractivity contribution in [3.8, 4) is 16.3 Å². The maximum Gasteiger partial charge on any atom is 0.303 e. The molecule has 0 radical (unpaired) electrons. The number of hydrogen-bond acceptors (Lipinski definition) is 4. The summed E-state index contributed by atoms with van der Waals surface area (Å²) >= 11 is 1.27. The average Bonchev–Trinajstić information content (AvgIpc) is 2.84. The lowest BCUT2D eigenvalue weighted by Crippen LogP contribution is -1.97. The molecule has 0 amide bonds. The van der Waals surface area contributed by atoms with Crippen molar-refractivity contribution >= 4 is 17.3 Å². The molecule has 1 aromatic heterocycles. The van der Waals surface area contributed by atoms with Crippen LogP contribution in [0.25, 0.3) is 10.6 Å². The van der Waals surface area contributed by atoms with Gasteiger partial charge in [0.25, 0.3) is 0 Å². The Hall–Kier alpha value is -1.95. The summed E-state index contributed by atoms with van der Waals surface area (Å²) in [7, 11) is 1.47. The fourth-order valence-corrected chi connectivity index (χ4v) is 2.56. The van der Waals surface area contributed by atoms with Crippen molar-refractivity contribution in [2.75, 3.05) is 7.11 Å². The Balaban J connectivity index is 2.30. The number of ether oxygens (including phenoxy) is 1. The second-order valence-corrected chi connectivity index (χ2v) is 4.71. The smallest absolute Gasteiger partial charge is 0.303 e. The first-order chi connectivity index (χ1) is 9.11. The van der Waals surface area contributed by atoms with E-state index < -0.39 is 11.8 Å². The molecule has 0 aliphatic carbocycles. The number of aryl methyl sites for hydroxylation is 1. The van der Waals surface area contributed by atoms with E-state index in [-0.39, 0.29) is 6.42 Å². The van der Waals surface area contributed by atoms with Crippen LogP contribution in [0.2, 0.25) is 0 Å². The molecule has 1 N–H and O–H groups in total. The molecular formula is C13H12FNO3S. The van der Waals surface area contributed by atoms with Crippen molar-refractivity contribution in [1.82, 2.24) is 4.98 Å². The van der Waals surface area contributed by atoms with Crippen molar-refractivity contribution in [3.63, 3.8) is 0 Å². The number of hydrogen-bond donors (Lipinski definition) is 1. The molecule has 0 saturated heterocycles. The molecule has 2 rings (SSSR count). The van der Waals surface area contributed by atoms with Crippen LogP contribution in [0.3, 0.4) is 0 Å². The van der Waals surface area contributed by atoms with Crippen LogP contribution in [-0.4, -0.2) is 23.2 Å². The Bertz CT molecular complexity index is 597. The summed E-state index contributed by atoms with van der Waals surface area (Å²) < 4.78 is 19.0. The zero-order chi connectivity index (χ0) is 13.8. The third-order valence-electron chi connectivity index (χ3n) is 2.56. The average molecular weight is 281 g/mol. The Kier molecular flexibility index (Phi) is 4.11. The first-order valence-corrected chi connectivity index (χ1v) is 6.49. The zero-order valence-corrected chi connectivity index (χ0v) is 11.0. The molecule has 0 fully saturated rings. The number of rotatable bonds is 5. The molecule has 6 heteroatoms. The minimum Gasteiger partial charge on any atom is -0.496 e. The summed E-state index contributed by atoms with van der Waals surface area (Å²) in [5.74, 6) is -0.865. The number of thiazole rings is 1. The summed E-state index contributed by atoms with van der Waals surface area (Å²) in [6, 6.07) is 4.57. The maximum absolute atomic E-state index is 13.8. The maximum atomic E-state index is 13.8. The summed E-state index contributed by atoms with van der Waals surface area (Å²) in [4.78, 5) is 14.8. The molecule has 100 valence electrons. The molecule has 0 saturated carbocycles. The van der Waals surface area contributed by atoms with Crippen molar-refractivity contribution < 1.29 is 19.0 Å². The van der Waals surface area contributed by atoms with Crippen LogP contribution in [0.5, 0.6) is 5.75 Å². The van der Waals surface area contributed by atoms with Gasteiger partial charge in [0, 0.05) is 11.8 Å². The highest BCUT2D eigenvalue weighted by Crippen LogP contribution is 2.34. The van der Waals surface area contributed by atoms with Crippen LogP contribution in [0.15, 0.2) is 23.6 Å². The lowest BCUT2D eigenvalue weighted by atomic mass is 10.2. The highest BCUT2D eigenvalue weighted by Gasteiger charge is 2.15. The van der Waals surface area contributed by atoms with Crippen LogP contribution in [0.1, 0.15) is 12.1 Å². The Morgan fingerprint density at radius 3 is 3.00 bits per heavy atom. The van der Waals surface area contributed by atoms with Gasteiger partial charge in [-0.05, 0) is 12.1 Å². The van der Waals surface area contributed by atoms with E-state index in [0.717, 1.165) is 0 Å². The summed E-state index contributed by atoms with van der Waals surface area (Å²) in [5, 5.41) is 10.9. The van der Waals surface area contributed by atoms with Crippen molar-refractivity contribution in [3.05, 3.63) is 35.1 Å². The van der Waals surface area contributed by atoms with E-state index in [9.17, 15) is 9.18 Å². The monoisotopic (exact) mass is 281 g/mol. The molecule has 19 heavy (non-hydrogen) atoms. The Morgan fingerprint density at radius 2 is 2.32 bits per heavy atom. The SMILES string of the molecule is COc1cccc(F)c1-c1nc(CCC(=O)O)cs1. The van der Waals surface area contributed by atoms with Gasteiger partial charge in [0.15, 0.2) is 0 Å². The largest absolute Gasteiger partial charge is 0.496 e. The van der Waals surface area contributed by atoms with E-state index in [1.165, 1.54) is 24.5 Å². The number of methoxy groups -OCH3 is 1. The number of carboxylic acids is 1. The second-order valence-electron chi connectivity index (χ2n) is 3.85. The van der Waals surface area contributed by atoms with Crippen LogP contribution in [-0.2, 0) is 11.2 Å². The van der Waals surface area contributed by atoms with Crippen LogP contribution in [0, 0.1) is 5.82 Å². The first-order valence-electron chi connectivity index (χ1n) is 5.61. The Labute approximate surface area is 113 Å². The second kappa shape index (κ2) is 5.79. The lowest BCUT2D eigenvalue weighted by Gasteiger charge is -2.06. The van der Waals surface area contributed by atoms with E-state index in [4.69, 9.17) is 9.84 Å². The normalized spacial score (nSPS) is 10.4. The topological polar surface area (TPSA) is 59.4 Å². The molecule has 0 atom stereocenters. The van der Waals surface area contributed by atoms with Gasteiger partial charge in [-0.2, -0.15) is 0 Å². The van der Waals surface area contributed by atoms with Crippen molar-refractivity contribution in [2.24, 2.45) is 0 Å². The van der Waals surface area contributed by atoms with Gasteiger partial charge in [0.2, 0.25) is 0 Å². The van der Waals surface area contributed by atoms with E-state index in [0.29, 0.717) is 28.4 Å². The van der Waals surface area contributed by atoms with Crippen LogP contribution in [0.4, 0.5) is 4.39 Å². The first kappa shape index (κ1) is 13.5. The number of carbonyl (C=O) groups is 1. The van der Waals surface area contributed by atoms with Gasteiger partial charge in [-0.1, -0.05) is 6.07 Å². The van der Waals surface area contributed by atoms with Gasteiger partial charge in [-0.15, -0.1) is 11.3 Å². The molecule has 0 aliphatic heterocycles. The van der Waals surface area contributed by atoms with E-state index >= 15 is 0 Å². The molecule has 4 nitrogen and oxygen atoms in total. The van der Waals surface area contributed by atoms with Gasteiger partial charge >= 0.3 is 5.97 Å². The highest BCUT2D eigenvalue weighted by atomic mass is 32.1. The van der Waals surface area contributed by atoms with Gasteiger partial charge in [-0.3, -0.25) is 4.79 Å². The number of benzene rings is 1. The molecule has 1 heterocycles. The fraction of sp³-hybridized carbons (Fsp3) is 0.231. The quantitative estimate of drug-likeness (QED) is 0.915. The van der Waals surface area contributed by atoms with Crippen molar-refractivity contribution in [1.29, 1.82) is 0 Å². The minimum absolute atomic E-state index is 0.0115. The molecule has 0 bridgehead atoms. The summed E-state index contributed by atoms with van der Waals surface area (Å²) in [6.07, 6.45) is 0.347. The minimum atomic E-state index is -0.877. The van der Waals surface area contributed by atoms with Crippen LogP contribution >= 0.6 is 11.3 Å². The predicted octanol–water partition coefficient (Wildman–Crippen LogP) is 2.98. The number of halogens is 1. The molecule has 0 unspecified atom stereocenters. The third-order valence-corrected chi connectivity index (χ3v) is 3.46. The van der Waals surface area contributed by atoms with E-state index in [1.807, 2.05) is 0 Å². The molecule has 2 aromatic rings. The summed E-state index contributed by atoms with van der Waals surface area (Å²) in [5.41, 5.74) is 0.962. The van der Waals surface area contributed by atoms with Gasteiger partial charge in [-0.25, -0.2) is 9.37 Å². The fourth-order valence-electron chi connectivity index (χ4n) is 1.65. The standard InChI is InChI=1S/C13H12FNO3S/c1-18-10-4-2-3-9(14)12(10)13-15-8(7-19-13)5-6-11(16)17/h2-4,7H,5-6H2,1H3,(H,16,17). The zero-order valence-electron chi connectivity index (χ0n) is 10.2. The van der Waals surface area contributed by atoms with E-state index in [1.54, 1.807) is 17.5 Å². The number of nitrogens with zero attached hydrogens (tertiary/aromatic N) is 1. The van der Waals surface area contributed by atoms with E-state index in [2.05, 4.69) is 4.98 Å². The van der Waals surface area contributed by atoms with Gasteiger partial charge in [0.05, 0.1) is 24.8 Å². The Morgan fingerprint density at radius 1 is 1.53 bits per heavy atom.